The Morgan fingerprint density at radius 1 is 1.03 bits per heavy atom. The molecule has 3 amide bonds. The Morgan fingerprint density at radius 2 is 1.71 bits per heavy atom. The second kappa shape index (κ2) is 10.5. The fourth-order valence-corrected chi connectivity index (χ4v) is 5.09. The summed E-state index contributed by atoms with van der Waals surface area (Å²) in [4.78, 5) is 43.9. The van der Waals surface area contributed by atoms with E-state index in [1.807, 2.05) is 35.6 Å². The van der Waals surface area contributed by atoms with Crippen molar-refractivity contribution in [3.8, 4) is 11.8 Å². The minimum atomic E-state index is -4.95. The first-order valence-electron chi connectivity index (χ1n) is 11.2. The van der Waals surface area contributed by atoms with Gasteiger partial charge in [0.15, 0.2) is 0 Å². The number of aromatic nitrogens is 1. The maximum absolute atomic E-state index is 12.8. The lowest BCUT2D eigenvalue weighted by Gasteiger charge is -2.29. The molecule has 35 heavy (non-hydrogen) atoms. The Labute approximate surface area is 204 Å². The van der Waals surface area contributed by atoms with Crippen molar-refractivity contribution in [3.05, 3.63) is 52.0 Å². The van der Waals surface area contributed by atoms with Crippen LogP contribution in [0.4, 0.5) is 13.2 Å². The average Bonchev–Trinajstić information content (AvgIpc) is 3.53. The minimum absolute atomic E-state index is 0.0119. The third-order valence-electron chi connectivity index (χ3n) is 6.03. The van der Waals surface area contributed by atoms with E-state index < -0.39 is 18.1 Å². The Kier molecular flexibility index (Phi) is 7.40. The summed E-state index contributed by atoms with van der Waals surface area (Å²) in [6, 6.07) is 8.55. The summed E-state index contributed by atoms with van der Waals surface area (Å²) < 4.78 is 37.4. The number of amides is 3. The monoisotopic (exact) mass is 504 g/mol. The number of piperidine rings is 1. The molecule has 11 heteroatoms. The molecule has 1 unspecified atom stereocenters. The van der Waals surface area contributed by atoms with E-state index in [4.69, 9.17) is 0 Å². The Balaban J connectivity index is 1.28. The molecule has 2 aliphatic heterocycles. The highest BCUT2D eigenvalue weighted by molar-refractivity contribution is 7.09. The summed E-state index contributed by atoms with van der Waals surface area (Å²) >= 11 is 1.37. The molecule has 0 radical (unpaired) electrons. The molecule has 2 aromatic rings. The maximum Gasteiger partial charge on any atom is 0.471 e. The smallest absolute Gasteiger partial charge is 0.344 e. The van der Waals surface area contributed by atoms with E-state index >= 15 is 0 Å². The lowest BCUT2D eigenvalue weighted by molar-refractivity contribution is -0.174. The molecule has 7 nitrogen and oxygen atoms in total. The molecule has 0 bridgehead atoms. The lowest BCUT2D eigenvalue weighted by Crippen LogP contribution is -2.44. The van der Waals surface area contributed by atoms with Gasteiger partial charge >= 0.3 is 12.1 Å². The standard InChI is InChI=1S/C24H23F3N4O3S/c25-24(26,27)23(34)28-18-10-13-31(14-18)22(33)19-15-35-21(29-19)17-8-11-30(12-9-17)20(32)7-6-16-4-2-1-3-5-16/h1-5,15,17-18H,8-14H2,(H,28,34). The number of hydrogen-bond acceptors (Lipinski definition) is 5. The van der Waals surface area contributed by atoms with Crippen LogP contribution in [0.3, 0.4) is 0 Å². The van der Waals surface area contributed by atoms with Crippen LogP contribution in [0.1, 0.15) is 46.2 Å². The number of likely N-dealkylation sites (tertiary alicyclic amines) is 2. The molecule has 184 valence electrons. The van der Waals surface area contributed by atoms with Gasteiger partial charge in [0.25, 0.3) is 11.8 Å². The van der Waals surface area contributed by atoms with Gasteiger partial charge in [0.1, 0.15) is 5.69 Å². The second-order valence-corrected chi connectivity index (χ2v) is 9.35. The topological polar surface area (TPSA) is 82.6 Å². The van der Waals surface area contributed by atoms with Crippen LogP contribution >= 0.6 is 11.3 Å². The van der Waals surface area contributed by atoms with E-state index in [2.05, 4.69) is 16.8 Å². The van der Waals surface area contributed by atoms with E-state index in [9.17, 15) is 27.6 Å². The molecular formula is C24H23F3N4O3S. The first-order valence-corrected chi connectivity index (χ1v) is 12.1. The maximum atomic E-state index is 12.8. The number of rotatable bonds is 3. The quantitative estimate of drug-likeness (QED) is 0.652. The van der Waals surface area contributed by atoms with Crippen LogP contribution in [0.5, 0.6) is 0 Å². The minimum Gasteiger partial charge on any atom is -0.344 e. The number of thiazole rings is 1. The molecule has 1 aromatic carbocycles. The number of nitrogens with zero attached hydrogens (tertiary/aromatic N) is 3. The average molecular weight is 505 g/mol. The Bertz CT molecular complexity index is 1150. The SMILES string of the molecule is O=C(C#Cc1ccccc1)N1CCC(c2nc(C(=O)N3CCC(NC(=O)C(F)(F)F)C3)cs2)CC1. The molecule has 1 atom stereocenters. The van der Waals surface area contributed by atoms with Crippen molar-refractivity contribution >= 4 is 29.1 Å². The van der Waals surface area contributed by atoms with E-state index in [0.717, 1.165) is 10.6 Å². The third-order valence-corrected chi connectivity index (χ3v) is 7.04. The van der Waals surface area contributed by atoms with Crippen LogP contribution in [0, 0.1) is 11.8 Å². The molecule has 0 aliphatic carbocycles. The molecule has 1 N–H and O–H groups in total. The van der Waals surface area contributed by atoms with Crippen molar-refractivity contribution in [2.75, 3.05) is 26.2 Å². The summed E-state index contributed by atoms with van der Waals surface area (Å²) in [6.07, 6.45) is -3.29. The van der Waals surface area contributed by atoms with Crippen molar-refractivity contribution in [1.82, 2.24) is 20.1 Å². The number of nitrogens with one attached hydrogen (secondary N) is 1. The van der Waals surface area contributed by atoms with Gasteiger partial charge in [-0.15, -0.1) is 11.3 Å². The van der Waals surface area contributed by atoms with Gasteiger partial charge in [0, 0.05) is 55.0 Å². The van der Waals surface area contributed by atoms with E-state index in [-0.39, 0.29) is 42.9 Å². The number of carbonyl (C=O) groups is 3. The molecule has 4 rings (SSSR count). The van der Waals surface area contributed by atoms with Crippen molar-refractivity contribution in [2.24, 2.45) is 0 Å². The van der Waals surface area contributed by atoms with Crippen LogP contribution in [0.15, 0.2) is 35.7 Å². The molecule has 3 heterocycles. The summed E-state index contributed by atoms with van der Waals surface area (Å²) in [5.74, 6) is 3.10. The van der Waals surface area contributed by atoms with Crippen molar-refractivity contribution < 1.29 is 27.6 Å². The van der Waals surface area contributed by atoms with Gasteiger partial charge in [0.2, 0.25) is 0 Å². The number of carbonyl (C=O) groups excluding carboxylic acids is 3. The van der Waals surface area contributed by atoms with Crippen LogP contribution in [-0.4, -0.2) is 70.9 Å². The van der Waals surface area contributed by atoms with Crippen LogP contribution in [-0.2, 0) is 9.59 Å². The zero-order chi connectivity index (χ0) is 25.0. The fourth-order valence-electron chi connectivity index (χ4n) is 4.12. The van der Waals surface area contributed by atoms with Crippen LogP contribution < -0.4 is 5.32 Å². The highest BCUT2D eigenvalue weighted by Crippen LogP contribution is 2.31. The fraction of sp³-hybridized carbons (Fsp3) is 0.417. The first kappa shape index (κ1) is 24.7. The van der Waals surface area contributed by atoms with Gasteiger partial charge in [-0.2, -0.15) is 13.2 Å². The first-order chi connectivity index (χ1) is 16.7. The second-order valence-electron chi connectivity index (χ2n) is 8.46. The number of benzene rings is 1. The third kappa shape index (κ3) is 6.19. The van der Waals surface area contributed by atoms with E-state index in [1.165, 1.54) is 16.2 Å². The summed E-state index contributed by atoms with van der Waals surface area (Å²) in [5.41, 5.74) is 1.03. The highest BCUT2D eigenvalue weighted by atomic mass is 32.1. The van der Waals surface area contributed by atoms with Crippen molar-refractivity contribution in [1.29, 1.82) is 0 Å². The van der Waals surface area contributed by atoms with Gasteiger partial charge in [0.05, 0.1) is 5.01 Å². The Morgan fingerprint density at radius 3 is 2.40 bits per heavy atom. The molecule has 2 aliphatic rings. The largest absolute Gasteiger partial charge is 0.471 e. The van der Waals surface area contributed by atoms with Gasteiger partial charge in [-0.1, -0.05) is 24.1 Å². The Hall–Kier alpha value is -3.39. The highest BCUT2D eigenvalue weighted by Gasteiger charge is 2.41. The molecule has 0 saturated carbocycles. The van der Waals surface area contributed by atoms with Gasteiger partial charge in [-0.05, 0) is 31.4 Å². The summed E-state index contributed by atoms with van der Waals surface area (Å²) in [7, 11) is 0. The molecular weight excluding hydrogens is 481 g/mol. The molecule has 0 spiro atoms. The number of halogens is 3. The van der Waals surface area contributed by atoms with Crippen molar-refractivity contribution in [3.63, 3.8) is 0 Å². The van der Waals surface area contributed by atoms with Crippen LogP contribution in [0.25, 0.3) is 0 Å². The predicted molar refractivity (Wildman–Crippen MR) is 122 cm³/mol. The van der Waals surface area contributed by atoms with E-state index in [1.54, 1.807) is 10.3 Å². The van der Waals surface area contributed by atoms with Gasteiger partial charge < -0.3 is 15.1 Å². The molecule has 2 fully saturated rings. The van der Waals surface area contributed by atoms with Gasteiger partial charge in [-0.3, -0.25) is 14.4 Å². The number of alkyl halides is 3. The lowest BCUT2D eigenvalue weighted by atomic mass is 9.97. The molecule has 1 aromatic heterocycles. The normalized spacial score (nSPS) is 18.7. The summed E-state index contributed by atoms with van der Waals surface area (Å²) in [5, 5.41) is 4.38. The summed E-state index contributed by atoms with van der Waals surface area (Å²) in [6.45, 7) is 1.35. The van der Waals surface area contributed by atoms with Crippen LogP contribution in [0.2, 0.25) is 0 Å². The van der Waals surface area contributed by atoms with Crippen molar-refractivity contribution in [2.45, 2.75) is 37.4 Å². The zero-order valence-electron chi connectivity index (χ0n) is 18.7. The van der Waals surface area contributed by atoms with E-state index in [0.29, 0.717) is 25.9 Å². The van der Waals surface area contributed by atoms with Gasteiger partial charge in [-0.25, -0.2) is 4.98 Å². The number of hydrogen-bond donors (Lipinski definition) is 1. The molecule has 2 saturated heterocycles. The zero-order valence-corrected chi connectivity index (χ0v) is 19.5. The predicted octanol–water partition coefficient (Wildman–Crippen LogP) is 2.79.